The summed E-state index contributed by atoms with van der Waals surface area (Å²) < 4.78 is 23.2. The molecule has 2 N–H and O–H groups in total. The summed E-state index contributed by atoms with van der Waals surface area (Å²) in [6, 6.07) is 10.7. The molecular formula is C19H26N3O3S-. The second-order valence-electron chi connectivity index (χ2n) is 7.77. The van der Waals surface area contributed by atoms with E-state index < -0.39 is 11.3 Å². The molecule has 0 spiro atoms. The van der Waals surface area contributed by atoms with E-state index in [9.17, 15) is 0 Å². The summed E-state index contributed by atoms with van der Waals surface area (Å²) in [7, 11) is 0. The summed E-state index contributed by atoms with van der Waals surface area (Å²) in [5, 5.41) is 8.34. The van der Waals surface area contributed by atoms with E-state index in [0.29, 0.717) is 17.8 Å². The van der Waals surface area contributed by atoms with Gasteiger partial charge in [0, 0.05) is 23.1 Å². The molecule has 0 bridgehead atoms. The van der Waals surface area contributed by atoms with E-state index >= 15 is 0 Å². The molecular weight excluding hydrogens is 350 g/mol. The highest BCUT2D eigenvalue weighted by atomic mass is 32.2. The predicted octanol–water partition coefficient (Wildman–Crippen LogP) is 3.76. The van der Waals surface area contributed by atoms with Crippen LogP contribution < -0.4 is 5.14 Å². The van der Waals surface area contributed by atoms with Gasteiger partial charge in [-0.15, -0.1) is 0 Å². The lowest BCUT2D eigenvalue weighted by Crippen LogP contribution is -2.06. The van der Waals surface area contributed by atoms with Crippen LogP contribution in [0.25, 0.3) is 0 Å². The van der Waals surface area contributed by atoms with Crippen LogP contribution in [-0.2, 0) is 11.3 Å². The average molecular weight is 377 g/mol. The second-order valence-corrected chi connectivity index (χ2v) is 8.29. The van der Waals surface area contributed by atoms with Gasteiger partial charge in [-0.05, 0) is 23.8 Å². The maximum Gasteiger partial charge on any atom is 0.230 e. The van der Waals surface area contributed by atoms with Crippen molar-refractivity contribution in [1.29, 1.82) is 0 Å². The van der Waals surface area contributed by atoms with Gasteiger partial charge in [0.15, 0.2) is 5.82 Å². The minimum Gasteiger partial charge on any atom is -0.760 e. The second kappa shape index (κ2) is 7.98. The SMILES string of the molecule is CC1(C)[C@H](c2ccccc2)[C@H]1c1nc(C2CCCCC2)no1.NS(=O)[O-]. The maximum atomic E-state index is 8.78. The Bertz CT molecular complexity index is 737. The Hall–Kier alpha value is -1.57. The lowest BCUT2D eigenvalue weighted by atomic mass is 9.89. The third-order valence-corrected chi connectivity index (χ3v) is 5.68. The number of hydrogen-bond acceptors (Lipinski definition) is 5. The van der Waals surface area contributed by atoms with Crippen molar-refractivity contribution in [3.63, 3.8) is 0 Å². The number of nitrogens with two attached hydrogens (primary N) is 1. The molecule has 1 heterocycles. The maximum absolute atomic E-state index is 8.78. The van der Waals surface area contributed by atoms with Crippen molar-refractivity contribution in [2.45, 2.75) is 63.7 Å². The largest absolute Gasteiger partial charge is 0.760 e. The van der Waals surface area contributed by atoms with E-state index in [1.165, 1.54) is 37.7 Å². The summed E-state index contributed by atoms with van der Waals surface area (Å²) >= 11 is -2.36. The number of aromatic nitrogens is 2. The first-order chi connectivity index (χ1) is 12.4. The molecule has 0 saturated heterocycles. The normalized spacial score (nSPS) is 25.8. The lowest BCUT2D eigenvalue weighted by molar-refractivity contribution is 0.351. The summed E-state index contributed by atoms with van der Waals surface area (Å²) in [4.78, 5) is 4.79. The predicted molar refractivity (Wildman–Crippen MR) is 98.9 cm³/mol. The van der Waals surface area contributed by atoms with E-state index in [1.54, 1.807) is 0 Å². The molecule has 2 aromatic rings. The molecule has 0 radical (unpaired) electrons. The van der Waals surface area contributed by atoms with Crippen molar-refractivity contribution in [2.75, 3.05) is 0 Å². The Morgan fingerprint density at radius 2 is 1.77 bits per heavy atom. The summed E-state index contributed by atoms with van der Waals surface area (Å²) in [5.41, 5.74) is 1.59. The average Bonchev–Trinajstić information content (AvgIpc) is 2.96. The van der Waals surface area contributed by atoms with E-state index in [2.05, 4.69) is 54.5 Å². The Kier molecular flexibility index (Phi) is 5.89. The van der Waals surface area contributed by atoms with E-state index in [1.807, 2.05) is 0 Å². The first-order valence-electron chi connectivity index (χ1n) is 9.13. The highest BCUT2D eigenvalue weighted by Crippen LogP contribution is 2.69. The van der Waals surface area contributed by atoms with Crippen LogP contribution in [0.4, 0.5) is 0 Å². The van der Waals surface area contributed by atoms with Crippen LogP contribution >= 0.6 is 0 Å². The van der Waals surface area contributed by atoms with Gasteiger partial charge < -0.3 is 9.08 Å². The standard InChI is InChI=1S/C19H24N2O.H3NO2S/c1-19(2)15(13-9-5-3-6-10-13)16(19)18-20-17(21-22-18)14-11-7-4-8-12-14;1-4(2)3/h3,5-6,9-10,14-16H,4,7-8,11-12H2,1-2H3;1H2,(H,2,3)/p-1/t15-,16+;/m1./s1. The minimum absolute atomic E-state index is 0.206. The number of rotatable bonds is 3. The van der Waals surface area contributed by atoms with Crippen LogP contribution in [-0.4, -0.2) is 18.9 Å². The smallest absolute Gasteiger partial charge is 0.230 e. The zero-order chi connectivity index (χ0) is 18.7. The molecule has 2 aliphatic carbocycles. The van der Waals surface area contributed by atoms with Crippen molar-refractivity contribution in [1.82, 2.24) is 10.1 Å². The van der Waals surface area contributed by atoms with Gasteiger partial charge in [0.1, 0.15) is 0 Å². The molecule has 2 fully saturated rings. The van der Waals surface area contributed by atoms with Gasteiger partial charge in [-0.3, -0.25) is 9.35 Å². The molecule has 0 aliphatic heterocycles. The highest BCUT2D eigenvalue weighted by Gasteiger charge is 2.61. The van der Waals surface area contributed by atoms with Crippen LogP contribution in [0.3, 0.4) is 0 Å². The zero-order valence-corrected chi connectivity index (χ0v) is 16.1. The highest BCUT2D eigenvalue weighted by molar-refractivity contribution is 7.76. The van der Waals surface area contributed by atoms with Gasteiger partial charge in [-0.2, -0.15) is 4.98 Å². The minimum atomic E-state index is -2.36. The van der Waals surface area contributed by atoms with E-state index in [4.69, 9.17) is 18.3 Å². The fourth-order valence-electron chi connectivity index (χ4n) is 4.28. The zero-order valence-electron chi connectivity index (χ0n) is 15.3. The van der Waals surface area contributed by atoms with Crippen molar-refractivity contribution in [3.05, 3.63) is 47.6 Å². The summed E-state index contributed by atoms with van der Waals surface area (Å²) in [6.07, 6.45) is 6.39. The Balaban J connectivity index is 0.000000447. The molecule has 7 heteroatoms. The van der Waals surface area contributed by atoms with Crippen LogP contribution in [0.1, 0.15) is 81.0 Å². The number of nitrogens with zero attached hydrogens (tertiary/aromatic N) is 2. The van der Waals surface area contributed by atoms with Gasteiger partial charge in [0.05, 0.1) is 5.92 Å². The third kappa shape index (κ3) is 4.22. The molecule has 26 heavy (non-hydrogen) atoms. The molecule has 1 aromatic heterocycles. The van der Waals surface area contributed by atoms with Crippen molar-refractivity contribution in [3.8, 4) is 0 Å². The van der Waals surface area contributed by atoms with Gasteiger partial charge in [-0.25, -0.2) is 0 Å². The van der Waals surface area contributed by atoms with Gasteiger partial charge >= 0.3 is 0 Å². The molecule has 4 rings (SSSR count). The summed E-state index contributed by atoms with van der Waals surface area (Å²) in [6.45, 7) is 4.61. The quantitative estimate of drug-likeness (QED) is 0.821. The molecule has 1 aromatic carbocycles. The van der Waals surface area contributed by atoms with E-state index in [0.717, 1.165) is 11.7 Å². The fourth-order valence-corrected chi connectivity index (χ4v) is 4.28. The molecule has 6 nitrogen and oxygen atoms in total. The van der Waals surface area contributed by atoms with Crippen molar-refractivity contribution < 1.29 is 13.3 Å². The number of benzene rings is 1. The first kappa shape index (κ1) is 19.2. The molecule has 0 amide bonds. The van der Waals surface area contributed by atoms with Gasteiger partial charge in [0.2, 0.25) is 5.89 Å². The summed E-state index contributed by atoms with van der Waals surface area (Å²) in [5.74, 6) is 3.17. The molecule has 3 atom stereocenters. The first-order valence-corrected chi connectivity index (χ1v) is 10.3. The van der Waals surface area contributed by atoms with Crippen LogP contribution in [0.5, 0.6) is 0 Å². The van der Waals surface area contributed by atoms with Crippen LogP contribution in [0, 0.1) is 5.41 Å². The Morgan fingerprint density at radius 3 is 2.38 bits per heavy atom. The molecule has 142 valence electrons. The Labute approximate surface area is 157 Å². The van der Waals surface area contributed by atoms with Gasteiger partial charge in [0.25, 0.3) is 0 Å². The monoisotopic (exact) mass is 376 g/mol. The molecule has 1 unspecified atom stereocenters. The van der Waals surface area contributed by atoms with Crippen LogP contribution in [0.2, 0.25) is 0 Å². The van der Waals surface area contributed by atoms with Crippen LogP contribution in [0.15, 0.2) is 34.9 Å². The topological polar surface area (TPSA) is 105 Å². The lowest BCUT2D eigenvalue weighted by Gasteiger charge is -2.17. The van der Waals surface area contributed by atoms with E-state index in [-0.39, 0.29) is 5.41 Å². The van der Waals surface area contributed by atoms with Gasteiger partial charge in [-0.1, -0.05) is 68.6 Å². The third-order valence-electron chi connectivity index (χ3n) is 5.68. The van der Waals surface area contributed by atoms with Crippen molar-refractivity contribution >= 4 is 11.3 Å². The fraction of sp³-hybridized carbons (Fsp3) is 0.579. The Morgan fingerprint density at radius 1 is 1.15 bits per heavy atom. The number of hydrogen-bond donors (Lipinski definition) is 1. The molecule has 2 saturated carbocycles. The van der Waals surface area contributed by atoms with Crippen molar-refractivity contribution in [2.24, 2.45) is 10.6 Å². The molecule has 2 aliphatic rings.